The molecule has 1 saturated heterocycles. The van der Waals surface area contributed by atoms with Gasteiger partial charge in [0.2, 0.25) is 5.91 Å². The van der Waals surface area contributed by atoms with E-state index in [1.165, 1.54) is 148 Å². The Morgan fingerprint density at radius 3 is 1.48 bits per heavy atom. The first-order valence-electron chi connectivity index (χ1n) is 24.2. The number of phosphoric acid groups is 1. The summed E-state index contributed by atoms with van der Waals surface area (Å²) in [5.41, 5.74) is 0. The molecule has 0 radical (unpaired) electrons. The van der Waals surface area contributed by atoms with E-state index in [4.69, 9.17) is 18.5 Å². The second kappa shape index (κ2) is 35.9. The van der Waals surface area contributed by atoms with Gasteiger partial charge < -0.3 is 34.4 Å². The predicted octanol–water partition coefficient (Wildman–Crippen LogP) is 10.9. The molecule has 11 nitrogen and oxygen atoms in total. The van der Waals surface area contributed by atoms with Crippen LogP contribution in [-0.4, -0.2) is 104 Å². The first-order chi connectivity index (χ1) is 27.9. The van der Waals surface area contributed by atoms with Gasteiger partial charge in [0, 0.05) is 6.42 Å². The standard InChI is InChI=1S/C46H93N2O9P/c1-6-8-10-12-14-16-18-20-21-22-24-26-28-30-32-34-36-44(50)47-41(39-56-58(52,53)55-38-37-48(3,4)5)43(57-46-45(51)42(49)40-54-46)35-33-31-29-27-25-23-19-17-15-13-11-9-7-2/h41-43,45-46,49,51H,6-40H2,1-5H3,(H-,47,50,52,53)/p+1/t41?,42-,43?,45-,46-/m1/s1. The second-order valence-electron chi connectivity index (χ2n) is 18.3. The molecule has 1 rings (SSSR count). The minimum atomic E-state index is -4.43. The highest BCUT2D eigenvalue weighted by molar-refractivity contribution is 7.47. The van der Waals surface area contributed by atoms with Gasteiger partial charge in [0.05, 0.1) is 46.5 Å². The largest absolute Gasteiger partial charge is 0.472 e. The van der Waals surface area contributed by atoms with E-state index in [2.05, 4.69) is 19.2 Å². The second-order valence-corrected chi connectivity index (χ2v) is 19.8. The topological polar surface area (TPSA) is 144 Å². The summed E-state index contributed by atoms with van der Waals surface area (Å²) < 4.78 is 36.1. The number of phosphoric ester groups is 1. The number of aliphatic hydroxyl groups excluding tert-OH is 2. The van der Waals surface area contributed by atoms with Crippen LogP contribution in [0.2, 0.25) is 0 Å². The molecule has 58 heavy (non-hydrogen) atoms. The molecule has 1 aliphatic heterocycles. The van der Waals surface area contributed by atoms with Gasteiger partial charge in [-0.2, -0.15) is 0 Å². The van der Waals surface area contributed by atoms with E-state index in [-0.39, 0.29) is 25.7 Å². The number of nitrogens with zero attached hydrogens (tertiary/aromatic N) is 1. The Morgan fingerprint density at radius 2 is 1.09 bits per heavy atom. The lowest BCUT2D eigenvalue weighted by atomic mass is 10.0. The van der Waals surface area contributed by atoms with Crippen LogP contribution < -0.4 is 5.32 Å². The molecule has 1 fully saturated rings. The summed E-state index contributed by atoms with van der Waals surface area (Å²) in [6, 6.07) is -0.790. The highest BCUT2D eigenvalue weighted by Gasteiger charge is 2.39. The number of amides is 1. The molecule has 6 atom stereocenters. The van der Waals surface area contributed by atoms with Crippen LogP contribution in [-0.2, 0) is 27.9 Å². The molecule has 1 amide bonds. The van der Waals surface area contributed by atoms with Crippen molar-refractivity contribution in [3.63, 3.8) is 0 Å². The number of ether oxygens (including phenoxy) is 2. The Morgan fingerprint density at radius 1 is 0.672 bits per heavy atom. The predicted molar refractivity (Wildman–Crippen MR) is 238 cm³/mol. The summed E-state index contributed by atoms with van der Waals surface area (Å²) in [5.74, 6) is -0.176. The zero-order valence-corrected chi connectivity index (χ0v) is 39.2. The van der Waals surface area contributed by atoms with E-state index in [1.54, 1.807) is 0 Å². The molecule has 12 heteroatoms. The maximum atomic E-state index is 13.3. The number of rotatable bonds is 42. The van der Waals surface area contributed by atoms with E-state index in [0.29, 0.717) is 23.9 Å². The van der Waals surface area contributed by atoms with Crippen molar-refractivity contribution in [3.8, 4) is 0 Å². The summed E-state index contributed by atoms with van der Waals surface area (Å²) in [4.78, 5) is 23.9. The number of unbranched alkanes of at least 4 members (excludes halogenated alkanes) is 27. The lowest BCUT2D eigenvalue weighted by Crippen LogP contribution is -2.49. The molecule has 0 aromatic heterocycles. The maximum Gasteiger partial charge on any atom is 0.472 e. The summed E-state index contributed by atoms with van der Waals surface area (Å²) in [7, 11) is 1.47. The van der Waals surface area contributed by atoms with Crippen molar-refractivity contribution in [2.24, 2.45) is 0 Å². The van der Waals surface area contributed by atoms with Crippen molar-refractivity contribution in [2.75, 3.05) is 47.5 Å². The molecule has 1 aliphatic rings. The van der Waals surface area contributed by atoms with Gasteiger partial charge in [-0.3, -0.25) is 13.8 Å². The number of hydrogen-bond acceptors (Lipinski definition) is 8. The molecule has 4 N–H and O–H groups in total. The normalized spacial score (nSPS) is 19.3. The monoisotopic (exact) mass is 850 g/mol. The van der Waals surface area contributed by atoms with Crippen LogP contribution in [0.4, 0.5) is 0 Å². The van der Waals surface area contributed by atoms with Crippen molar-refractivity contribution in [2.45, 2.75) is 244 Å². The molecule has 0 saturated carbocycles. The summed E-state index contributed by atoms with van der Waals surface area (Å²) in [6.45, 7) is 4.70. The Hall–Kier alpha value is -0.620. The van der Waals surface area contributed by atoms with Gasteiger partial charge in [-0.25, -0.2) is 4.57 Å². The third-order valence-corrected chi connectivity index (χ3v) is 12.5. The Balaban J connectivity index is 2.64. The highest BCUT2D eigenvalue weighted by Crippen LogP contribution is 2.43. The van der Waals surface area contributed by atoms with Gasteiger partial charge in [-0.15, -0.1) is 0 Å². The lowest BCUT2D eigenvalue weighted by Gasteiger charge is -2.31. The first kappa shape index (κ1) is 55.4. The van der Waals surface area contributed by atoms with E-state index in [9.17, 15) is 24.5 Å². The zero-order chi connectivity index (χ0) is 42.7. The van der Waals surface area contributed by atoms with Gasteiger partial charge in [-0.1, -0.05) is 194 Å². The van der Waals surface area contributed by atoms with Crippen molar-refractivity contribution in [1.82, 2.24) is 5.32 Å². The zero-order valence-electron chi connectivity index (χ0n) is 38.3. The van der Waals surface area contributed by atoms with Crippen molar-refractivity contribution in [1.29, 1.82) is 0 Å². The Labute approximate surface area is 356 Å². The first-order valence-corrected chi connectivity index (χ1v) is 25.7. The quantitative estimate of drug-likeness (QED) is 0.0268. The molecule has 0 aliphatic carbocycles. The van der Waals surface area contributed by atoms with Gasteiger partial charge in [0.15, 0.2) is 6.29 Å². The van der Waals surface area contributed by atoms with Crippen molar-refractivity contribution in [3.05, 3.63) is 0 Å². The highest BCUT2D eigenvalue weighted by atomic mass is 31.2. The fourth-order valence-electron chi connectivity index (χ4n) is 7.59. The molecule has 3 unspecified atom stereocenters. The SMILES string of the molecule is CCCCCCCCCCCCCCCCCCC(=O)NC(COP(=O)(O)OCC[N+](C)(C)C)C(CCCCCCCCCCCCCCC)O[C@H]1OC[C@@H](O)[C@H]1O. The van der Waals surface area contributed by atoms with Crippen LogP contribution in [0.1, 0.15) is 213 Å². The van der Waals surface area contributed by atoms with E-state index in [1.807, 2.05) is 21.1 Å². The van der Waals surface area contributed by atoms with Crippen LogP contribution in [0.5, 0.6) is 0 Å². The number of quaternary nitrogens is 1. The van der Waals surface area contributed by atoms with Crippen LogP contribution in [0, 0.1) is 0 Å². The average molecular weight is 850 g/mol. The van der Waals surface area contributed by atoms with Crippen LogP contribution in [0.25, 0.3) is 0 Å². The molecule has 1 heterocycles. The van der Waals surface area contributed by atoms with Crippen molar-refractivity contribution < 1.29 is 47.5 Å². The average Bonchev–Trinajstić information content (AvgIpc) is 3.49. The molecule has 346 valence electrons. The molecule has 0 bridgehead atoms. The Kier molecular flexibility index (Phi) is 34.3. The summed E-state index contributed by atoms with van der Waals surface area (Å²) in [5, 5.41) is 23.7. The molecule has 0 aromatic carbocycles. The van der Waals surface area contributed by atoms with E-state index in [0.717, 1.165) is 38.5 Å². The third-order valence-electron chi connectivity index (χ3n) is 11.5. The van der Waals surface area contributed by atoms with Gasteiger partial charge in [0.25, 0.3) is 0 Å². The van der Waals surface area contributed by atoms with Crippen LogP contribution >= 0.6 is 7.82 Å². The number of hydrogen-bond donors (Lipinski definition) is 4. The van der Waals surface area contributed by atoms with Gasteiger partial charge in [-0.05, 0) is 12.8 Å². The molecule has 0 aromatic rings. The number of aliphatic hydroxyl groups is 2. The van der Waals surface area contributed by atoms with Gasteiger partial charge in [0.1, 0.15) is 25.4 Å². The summed E-state index contributed by atoms with van der Waals surface area (Å²) >= 11 is 0. The minimum Gasteiger partial charge on any atom is -0.388 e. The third kappa shape index (κ3) is 32.1. The van der Waals surface area contributed by atoms with Crippen LogP contribution in [0.3, 0.4) is 0 Å². The smallest absolute Gasteiger partial charge is 0.388 e. The Bertz CT molecular complexity index is 1000. The summed E-state index contributed by atoms with van der Waals surface area (Å²) in [6.07, 6.45) is 32.7. The number of carbonyl (C=O) groups is 1. The molecular formula is C46H94N2O9P+. The van der Waals surface area contributed by atoms with Gasteiger partial charge >= 0.3 is 7.82 Å². The van der Waals surface area contributed by atoms with E-state index >= 15 is 0 Å². The molecular weight excluding hydrogens is 755 g/mol. The lowest BCUT2D eigenvalue weighted by molar-refractivity contribution is -0.870. The van der Waals surface area contributed by atoms with E-state index < -0.39 is 38.5 Å². The van der Waals surface area contributed by atoms with Crippen molar-refractivity contribution >= 4 is 13.7 Å². The number of nitrogens with one attached hydrogen (secondary N) is 1. The molecule has 0 spiro atoms. The van der Waals surface area contributed by atoms with Crippen LogP contribution in [0.15, 0.2) is 0 Å². The fraction of sp³-hybridized carbons (Fsp3) is 0.978. The number of likely N-dealkylation sites (N-methyl/N-ethyl adjacent to an activating group) is 1. The number of carbonyl (C=O) groups excluding carboxylic acids is 1. The minimum absolute atomic E-state index is 0.0342. The maximum absolute atomic E-state index is 13.3. The fourth-order valence-corrected chi connectivity index (χ4v) is 8.32.